The van der Waals surface area contributed by atoms with E-state index in [4.69, 9.17) is 0 Å². The summed E-state index contributed by atoms with van der Waals surface area (Å²) in [5, 5.41) is 9.75. The summed E-state index contributed by atoms with van der Waals surface area (Å²) in [6.07, 6.45) is 0. The van der Waals surface area contributed by atoms with Gasteiger partial charge in [0.1, 0.15) is 0 Å². The van der Waals surface area contributed by atoms with Gasteiger partial charge in [0, 0.05) is 34.1 Å². The SMILES string of the molecule is c1ccc(-c2ccc(N(c3ccccc3)c3cccc(-c4c5ccccc5c(-c5ccc(-c6c7ccccc7c(-c7cccc(N(c8ccccc8)c8ccc(-c9ccccc9)cc8)c7)c7ccccc67)cc5)c5ccccc45)c3)cc2)cc1. The largest absolute Gasteiger partial charge is 0.310 e. The monoisotopic (exact) mass is 1070 g/mol. The topological polar surface area (TPSA) is 6.48 Å². The highest BCUT2D eigenvalue weighted by Crippen LogP contribution is 2.49. The third-order valence-electron chi connectivity index (χ3n) is 16.6. The fourth-order valence-corrected chi connectivity index (χ4v) is 12.8. The predicted molar refractivity (Wildman–Crippen MR) is 358 cm³/mol. The second-order valence-electron chi connectivity index (χ2n) is 21.5. The lowest BCUT2D eigenvalue weighted by molar-refractivity contribution is 1.28. The van der Waals surface area contributed by atoms with Crippen molar-refractivity contribution < 1.29 is 0 Å². The summed E-state index contributed by atoms with van der Waals surface area (Å²) in [6.45, 7) is 0. The van der Waals surface area contributed by atoms with Crippen molar-refractivity contribution in [3.8, 4) is 66.8 Å². The standard InChI is InChI=1S/C82H56N2/c1-5-23-57(24-6-1)59-47-51-67(52-48-59)83(65-29-9-3-10-30-65)69-33-21-27-63(55-69)81-75-39-17-13-35-71(75)79(72-36-14-18-40-76(72)81)61-43-45-62(46-44-61)80-73-37-15-19-41-77(73)82(78-42-20-16-38-74(78)80)64-28-22-34-70(56-64)84(66-31-11-4-12-32-66)68-53-49-60(50-54-68)58-25-7-2-8-26-58/h1-56H. The van der Waals surface area contributed by atoms with Crippen molar-refractivity contribution >= 4 is 77.2 Å². The summed E-state index contributed by atoms with van der Waals surface area (Å²) in [5.41, 5.74) is 21.0. The lowest BCUT2D eigenvalue weighted by atomic mass is 9.84. The van der Waals surface area contributed by atoms with E-state index < -0.39 is 0 Å². The van der Waals surface area contributed by atoms with Crippen LogP contribution in [0.4, 0.5) is 34.1 Å². The van der Waals surface area contributed by atoms with Crippen LogP contribution in [0, 0.1) is 0 Å². The van der Waals surface area contributed by atoms with Crippen molar-refractivity contribution in [1.29, 1.82) is 0 Å². The molecule has 0 spiro atoms. The number of anilines is 6. The average Bonchev–Trinajstić information content (AvgIpc) is 1.24. The molecule has 0 bridgehead atoms. The quantitative estimate of drug-likeness (QED) is 0.113. The number of fused-ring (bicyclic) bond motifs is 4. The Hall–Kier alpha value is -11.1. The highest BCUT2D eigenvalue weighted by Gasteiger charge is 2.22. The van der Waals surface area contributed by atoms with Crippen LogP contribution in [-0.2, 0) is 0 Å². The third kappa shape index (κ3) is 9.13. The van der Waals surface area contributed by atoms with Crippen molar-refractivity contribution in [2.75, 3.05) is 9.80 Å². The molecule has 0 N–H and O–H groups in total. The lowest BCUT2D eigenvalue weighted by Crippen LogP contribution is -2.09. The maximum absolute atomic E-state index is 2.36. The van der Waals surface area contributed by atoms with Gasteiger partial charge in [-0.05, 0) is 183 Å². The highest BCUT2D eigenvalue weighted by molar-refractivity contribution is 6.23. The smallest absolute Gasteiger partial charge is 0.0467 e. The van der Waals surface area contributed by atoms with Gasteiger partial charge in [-0.2, -0.15) is 0 Å². The van der Waals surface area contributed by atoms with Crippen molar-refractivity contribution in [3.05, 3.63) is 340 Å². The van der Waals surface area contributed by atoms with E-state index in [0.29, 0.717) is 0 Å². The molecule has 0 amide bonds. The summed E-state index contributed by atoms with van der Waals surface area (Å²) in [4.78, 5) is 4.73. The summed E-state index contributed by atoms with van der Waals surface area (Å²) in [6, 6.07) is 124. The molecule has 15 rings (SSSR count). The van der Waals surface area contributed by atoms with Crippen molar-refractivity contribution in [2.24, 2.45) is 0 Å². The van der Waals surface area contributed by atoms with Crippen molar-refractivity contribution in [1.82, 2.24) is 0 Å². The minimum absolute atomic E-state index is 1.09. The van der Waals surface area contributed by atoms with E-state index in [-0.39, 0.29) is 0 Å². The van der Waals surface area contributed by atoms with Gasteiger partial charge in [0.2, 0.25) is 0 Å². The molecular formula is C82H56N2. The van der Waals surface area contributed by atoms with Crippen LogP contribution in [0.15, 0.2) is 340 Å². The van der Waals surface area contributed by atoms with Gasteiger partial charge in [-0.3, -0.25) is 0 Å². The Morgan fingerprint density at radius 2 is 0.333 bits per heavy atom. The number of nitrogens with zero attached hydrogens (tertiary/aromatic N) is 2. The van der Waals surface area contributed by atoms with E-state index >= 15 is 0 Å². The molecule has 2 nitrogen and oxygen atoms in total. The van der Waals surface area contributed by atoms with Gasteiger partial charge in [-0.15, -0.1) is 0 Å². The van der Waals surface area contributed by atoms with Crippen LogP contribution in [0.1, 0.15) is 0 Å². The number of hydrogen-bond donors (Lipinski definition) is 0. The molecule has 0 unspecified atom stereocenters. The molecule has 0 aromatic heterocycles. The van der Waals surface area contributed by atoms with Gasteiger partial charge >= 0.3 is 0 Å². The van der Waals surface area contributed by atoms with Gasteiger partial charge in [-0.25, -0.2) is 0 Å². The van der Waals surface area contributed by atoms with Crippen LogP contribution in [0.2, 0.25) is 0 Å². The minimum Gasteiger partial charge on any atom is -0.310 e. The Kier molecular flexibility index (Phi) is 12.9. The van der Waals surface area contributed by atoms with Gasteiger partial charge in [0.15, 0.2) is 0 Å². The summed E-state index contributed by atoms with van der Waals surface area (Å²) in [7, 11) is 0. The van der Waals surface area contributed by atoms with Gasteiger partial charge in [-0.1, -0.05) is 267 Å². The zero-order chi connectivity index (χ0) is 55.8. The van der Waals surface area contributed by atoms with E-state index in [9.17, 15) is 0 Å². The van der Waals surface area contributed by atoms with E-state index in [1.165, 1.54) is 110 Å². The molecular weight excluding hydrogens is 1010 g/mol. The van der Waals surface area contributed by atoms with Crippen LogP contribution in [0.3, 0.4) is 0 Å². The summed E-state index contributed by atoms with van der Waals surface area (Å²) < 4.78 is 0. The number of rotatable bonds is 12. The molecule has 15 aromatic carbocycles. The normalized spacial score (nSPS) is 11.3. The first-order chi connectivity index (χ1) is 41.7. The van der Waals surface area contributed by atoms with Crippen molar-refractivity contribution in [2.45, 2.75) is 0 Å². The molecule has 0 atom stereocenters. The molecule has 0 saturated carbocycles. The number of benzene rings is 15. The van der Waals surface area contributed by atoms with Crippen LogP contribution in [0.5, 0.6) is 0 Å². The van der Waals surface area contributed by atoms with Crippen LogP contribution >= 0.6 is 0 Å². The molecule has 0 aliphatic carbocycles. The molecule has 84 heavy (non-hydrogen) atoms. The number of hydrogen-bond acceptors (Lipinski definition) is 2. The maximum Gasteiger partial charge on any atom is 0.0467 e. The Bertz CT molecular complexity index is 4420. The fraction of sp³-hybridized carbons (Fsp3) is 0. The molecule has 0 fully saturated rings. The molecule has 0 aliphatic heterocycles. The summed E-state index contributed by atoms with van der Waals surface area (Å²) in [5.74, 6) is 0. The Labute approximate surface area is 490 Å². The molecule has 2 heteroatoms. The first-order valence-electron chi connectivity index (χ1n) is 28.9. The van der Waals surface area contributed by atoms with E-state index in [1.807, 2.05) is 0 Å². The fourth-order valence-electron chi connectivity index (χ4n) is 12.8. The van der Waals surface area contributed by atoms with Crippen LogP contribution in [-0.4, -0.2) is 0 Å². The van der Waals surface area contributed by atoms with Crippen molar-refractivity contribution in [3.63, 3.8) is 0 Å². The zero-order valence-corrected chi connectivity index (χ0v) is 46.2. The van der Waals surface area contributed by atoms with E-state index in [1.54, 1.807) is 0 Å². The molecule has 394 valence electrons. The Morgan fingerprint density at radius 3 is 0.631 bits per heavy atom. The molecule has 0 heterocycles. The second-order valence-corrected chi connectivity index (χ2v) is 21.5. The second kappa shape index (κ2) is 21.8. The molecule has 15 aromatic rings. The molecule has 0 saturated heterocycles. The summed E-state index contributed by atoms with van der Waals surface area (Å²) >= 11 is 0. The van der Waals surface area contributed by atoms with E-state index in [2.05, 4.69) is 350 Å². The Balaban J connectivity index is 0.821. The molecule has 0 radical (unpaired) electrons. The minimum atomic E-state index is 1.09. The lowest BCUT2D eigenvalue weighted by Gasteiger charge is -2.26. The van der Waals surface area contributed by atoms with Crippen LogP contribution < -0.4 is 9.80 Å². The molecule has 0 aliphatic rings. The van der Waals surface area contributed by atoms with Gasteiger partial charge in [0.25, 0.3) is 0 Å². The predicted octanol–water partition coefficient (Wildman–Crippen LogP) is 23.2. The third-order valence-corrected chi connectivity index (χ3v) is 16.6. The number of para-hydroxylation sites is 2. The average molecular weight is 1070 g/mol. The maximum atomic E-state index is 2.36. The van der Waals surface area contributed by atoms with Crippen LogP contribution in [0.25, 0.3) is 110 Å². The van der Waals surface area contributed by atoms with E-state index in [0.717, 1.165) is 34.1 Å². The zero-order valence-electron chi connectivity index (χ0n) is 46.2. The van der Waals surface area contributed by atoms with Gasteiger partial charge in [0.05, 0.1) is 0 Å². The first kappa shape index (κ1) is 49.9. The Morgan fingerprint density at radius 1 is 0.131 bits per heavy atom. The highest BCUT2D eigenvalue weighted by atomic mass is 15.1. The van der Waals surface area contributed by atoms with Gasteiger partial charge < -0.3 is 9.80 Å². The first-order valence-corrected chi connectivity index (χ1v) is 28.9.